The van der Waals surface area contributed by atoms with Crippen LogP contribution in [0, 0.1) is 5.92 Å². The Hall–Kier alpha value is -1.32. The van der Waals surface area contributed by atoms with Crippen LogP contribution in [0.25, 0.3) is 0 Å². The van der Waals surface area contributed by atoms with Crippen molar-refractivity contribution < 1.29 is 9.32 Å². The van der Waals surface area contributed by atoms with Crippen LogP contribution >= 0.6 is 0 Å². The third-order valence-corrected chi connectivity index (χ3v) is 2.60. The number of carbonyl (C=O) groups excluding carboxylic acids is 1. The van der Waals surface area contributed by atoms with E-state index in [2.05, 4.69) is 16.6 Å². The maximum absolute atomic E-state index is 11.8. The molecule has 0 aliphatic carbocycles. The number of likely N-dealkylation sites (tertiary alicyclic amines) is 1. The van der Waals surface area contributed by atoms with Crippen molar-refractivity contribution in [2.24, 2.45) is 5.92 Å². The topological polar surface area (TPSA) is 46.3 Å². The van der Waals surface area contributed by atoms with Gasteiger partial charge in [-0.2, -0.15) is 0 Å². The monoisotopic (exact) mass is 194 g/mol. The highest BCUT2D eigenvalue weighted by atomic mass is 16.5. The molecule has 1 saturated heterocycles. The lowest BCUT2D eigenvalue weighted by Crippen LogP contribution is -2.39. The molecular weight excluding hydrogens is 180 g/mol. The van der Waals surface area contributed by atoms with Gasteiger partial charge in [-0.25, -0.2) is 0 Å². The molecule has 1 aromatic rings. The van der Waals surface area contributed by atoms with Crippen LogP contribution in [-0.4, -0.2) is 29.1 Å². The van der Waals surface area contributed by atoms with Crippen molar-refractivity contribution >= 4 is 5.91 Å². The van der Waals surface area contributed by atoms with Gasteiger partial charge in [0, 0.05) is 19.2 Å². The Balaban J connectivity index is 2.04. The molecule has 0 bridgehead atoms. The number of piperidine rings is 1. The standard InChI is InChI=1S/C10H14N2O2/c1-8-3-2-5-12(7-8)10(13)9-4-6-14-11-9/h4,6,8H,2-3,5,7H2,1H3. The number of rotatable bonds is 1. The fourth-order valence-electron chi connectivity index (χ4n) is 1.86. The molecule has 0 saturated carbocycles. The molecule has 1 aliphatic heterocycles. The van der Waals surface area contributed by atoms with E-state index >= 15 is 0 Å². The average Bonchev–Trinajstić information content (AvgIpc) is 2.69. The summed E-state index contributed by atoms with van der Waals surface area (Å²) in [5.41, 5.74) is 0.416. The number of aromatic nitrogens is 1. The normalized spacial score (nSPS) is 22.4. The van der Waals surface area contributed by atoms with Crippen LogP contribution in [0.4, 0.5) is 0 Å². The fraction of sp³-hybridized carbons (Fsp3) is 0.600. The first-order valence-electron chi connectivity index (χ1n) is 4.97. The molecule has 2 heterocycles. The van der Waals surface area contributed by atoms with Gasteiger partial charge in [-0.1, -0.05) is 12.1 Å². The number of carbonyl (C=O) groups is 1. The summed E-state index contributed by atoms with van der Waals surface area (Å²) in [5, 5.41) is 3.65. The summed E-state index contributed by atoms with van der Waals surface area (Å²) >= 11 is 0. The summed E-state index contributed by atoms with van der Waals surface area (Å²) in [4.78, 5) is 13.7. The highest BCUT2D eigenvalue weighted by molar-refractivity contribution is 5.92. The summed E-state index contributed by atoms with van der Waals surface area (Å²) in [6, 6.07) is 1.61. The van der Waals surface area contributed by atoms with Crippen LogP contribution in [0.5, 0.6) is 0 Å². The van der Waals surface area contributed by atoms with Crippen molar-refractivity contribution in [3.8, 4) is 0 Å². The van der Waals surface area contributed by atoms with Gasteiger partial charge >= 0.3 is 0 Å². The zero-order valence-electron chi connectivity index (χ0n) is 8.27. The molecule has 0 radical (unpaired) electrons. The van der Waals surface area contributed by atoms with E-state index in [1.807, 2.05) is 4.90 Å². The van der Waals surface area contributed by atoms with Gasteiger partial charge < -0.3 is 9.42 Å². The maximum atomic E-state index is 11.8. The highest BCUT2D eigenvalue weighted by Gasteiger charge is 2.23. The van der Waals surface area contributed by atoms with E-state index in [-0.39, 0.29) is 5.91 Å². The third kappa shape index (κ3) is 1.78. The smallest absolute Gasteiger partial charge is 0.276 e. The van der Waals surface area contributed by atoms with Crippen molar-refractivity contribution in [2.75, 3.05) is 13.1 Å². The number of amides is 1. The van der Waals surface area contributed by atoms with Gasteiger partial charge in [0.05, 0.1) is 0 Å². The van der Waals surface area contributed by atoms with Crippen molar-refractivity contribution in [2.45, 2.75) is 19.8 Å². The van der Waals surface area contributed by atoms with Gasteiger partial charge in [-0.05, 0) is 18.8 Å². The van der Waals surface area contributed by atoms with Crippen LogP contribution in [0.3, 0.4) is 0 Å². The highest BCUT2D eigenvalue weighted by Crippen LogP contribution is 2.17. The molecule has 1 unspecified atom stereocenters. The van der Waals surface area contributed by atoms with E-state index in [0.717, 1.165) is 19.5 Å². The Morgan fingerprint density at radius 3 is 3.21 bits per heavy atom. The molecule has 14 heavy (non-hydrogen) atoms. The van der Waals surface area contributed by atoms with Crippen molar-refractivity contribution in [3.05, 3.63) is 18.0 Å². The first-order valence-corrected chi connectivity index (χ1v) is 4.97. The average molecular weight is 194 g/mol. The summed E-state index contributed by atoms with van der Waals surface area (Å²) in [6.07, 6.45) is 3.73. The van der Waals surface area contributed by atoms with Crippen LogP contribution in [-0.2, 0) is 0 Å². The van der Waals surface area contributed by atoms with Crippen LogP contribution in [0.1, 0.15) is 30.3 Å². The lowest BCUT2D eigenvalue weighted by molar-refractivity contribution is 0.0672. The quantitative estimate of drug-likeness (QED) is 0.681. The van der Waals surface area contributed by atoms with E-state index in [9.17, 15) is 4.79 Å². The summed E-state index contributed by atoms with van der Waals surface area (Å²) in [6.45, 7) is 3.85. The molecule has 1 fully saturated rings. The SMILES string of the molecule is CC1CCCN(C(=O)c2ccon2)C1. The number of nitrogens with zero attached hydrogens (tertiary/aromatic N) is 2. The molecule has 0 N–H and O–H groups in total. The molecule has 4 heteroatoms. The van der Waals surface area contributed by atoms with Gasteiger partial charge in [0.25, 0.3) is 5.91 Å². The molecule has 76 valence electrons. The minimum absolute atomic E-state index is 0.00898. The Kier molecular flexibility index (Phi) is 2.52. The molecule has 4 nitrogen and oxygen atoms in total. The summed E-state index contributed by atoms with van der Waals surface area (Å²) < 4.78 is 4.66. The van der Waals surface area contributed by atoms with Crippen molar-refractivity contribution in [1.29, 1.82) is 0 Å². The molecule has 1 atom stereocenters. The Bertz CT molecular complexity index is 308. The van der Waals surface area contributed by atoms with E-state index in [1.54, 1.807) is 6.07 Å². The zero-order valence-corrected chi connectivity index (χ0v) is 8.27. The molecule has 2 rings (SSSR count). The zero-order chi connectivity index (χ0) is 9.97. The molecule has 0 spiro atoms. The first-order chi connectivity index (χ1) is 6.77. The second-order valence-corrected chi connectivity index (χ2v) is 3.88. The molecule has 1 aliphatic rings. The molecule has 0 aromatic carbocycles. The van der Waals surface area contributed by atoms with E-state index in [0.29, 0.717) is 11.6 Å². The number of hydrogen-bond donors (Lipinski definition) is 0. The van der Waals surface area contributed by atoms with Crippen LogP contribution in [0.2, 0.25) is 0 Å². The minimum atomic E-state index is -0.00898. The van der Waals surface area contributed by atoms with Gasteiger partial charge in [0.15, 0.2) is 5.69 Å². The van der Waals surface area contributed by atoms with Crippen LogP contribution in [0.15, 0.2) is 16.9 Å². The Labute approximate surface area is 82.9 Å². The van der Waals surface area contributed by atoms with E-state index in [4.69, 9.17) is 0 Å². The predicted octanol–water partition coefficient (Wildman–Crippen LogP) is 1.55. The lowest BCUT2D eigenvalue weighted by atomic mass is 10.0. The van der Waals surface area contributed by atoms with Gasteiger partial charge in [-0.3, -0.25) is 4.79 Å². The van der Waals surface area contributed by atoms with Gasteiger partial charge in [0.2, 0.25) is 0 Å². The molecule has 1 amide bonds. The maximum Gasteiger partial charge on any atom is 0.276 e. The first kappa shape index (κ1) is 9.24. The van der Waals surface area contributed by atoms with E-state index in [1.165, 1.54) is 12.7 Å². The third-order valence-electron chi connectivity index (χ3n) is 2.60. The van der Waals surface area contributed by atoms with Crippen molar-refractivity contribution in [1.82, 2.24) is 10.1 Å². The fourth-order valence-corrected chi connectivity index (χ4v) is 1.86. The van der Waals surface area contributed by atoms with Crippen molar-refractivity contribution in [3.63, 3.8) is 0 Å². The molecule has 1 aromatic heterocycles. The second kappa shape index (κ2) is 3.82. The Morgan fingerprint density at radius 2 is 2.57 bits per heavy atom. The van der Waals surface area contributed by atoms with Gasteiger partial charge in [-0.15, -0.1) is 0 Å². The predicted molar refractivity (Wildman–Crippen MR) is 50.8 cm³/mol. The second-order valence-electron chi connectivity index (χ2n) is 3.88. The largest absolute Gasteiger partial charge is 0.364 e. The minimum Gasteiger partial charge on any atom is -0.364 e. The van der Waals surface area contributed by atoms with Crippen LogP contribution < -0.4 is 0 Å². The molecular formula is C10H14N2O2. The van der Waals surface area contributed by atoms with Gasteiger partial charge in [0.1, 0.15) is 6.26 Å². The lowest BCUT2D eigenvalue weighted by Gasteiger charge is -2.30. The number of hydrogen-bond acceptors (Lipinski definition) is 3. The Morgan fingerprint density at radius 1 is 1.71 bits per heavy atom. The summed E-state index contributed by atoms with van der Waals surface area (Å²) in [5.74, 6) is 0.588. The van der Waals surface area contributed by atoms with E-state index < -0.39 is 0 Å². The summed E-state index contributed by atoms with van der Waals surface area (Å²) in [7, 11) is 0.